The molecule has 2 aliphatic rings. The van der Waals surface area contributed by atoms with Crippen LogP contribution in [0.1, 0.15) is 54.4 Å². The maximum atomic E-state index is 12.7. The van der Waals surface area contributed by atoms with Gasteiger partial charge in [-0.3, -0.25) is 4.79 Å². The summed E-state index contributed by atoms with van der Waals surface area (Å²) < 4.78 is 0. The number of hydrogen-bond donors (Lipinski definition) is 0. The Kier molecular flexibility index (Phi) is 3.73. The Balaban J connectivity index is 1.83. The highest BCUT2D eigenvalue weighted by Crippen LogP contribution is 2.35. The Hall–Kier alpha value is -1.82. The van der Waals surface area contributed by atoms with Crippen LogP contribution >= 0.6 is 0 Å². The molecule has 3 rings (SSSR count). The number of benzene rings is 1. The summed E-state index contributed by atoms with van der Waals surface area (Å²) in [4.78, 5) is 14.8. The van der Waals surface area contributed by atoms with Crippen LogP contribution in [0.4, 0.5) is 0 Å². The lowest BCUT2D eigenvalue weighted by atomic mass is 9.78. The minimum Gasteiger partial charge on any atom is -0.335 e. The normalized spacial score (nSPS) is 25.6. The predicted octanol–water partition coefficient (Wildman–Crippen LogP) is 3.35. The third-order valence-electron chi connectivity index (χ3n) is 4.74. The van der Waals surface area contributed by atoms with Gasteiger partial charge in [0.1, 0.15) is 0 Å². The molecule has 1 aromatic rings. The van der Waals surface area contributed by atoms with Gasteiger partial charge in [0.2, 0.25) is 0 Å². The van der Waals surface area contributed by atoms with Gasteiger partial charge >= 0.3 is 0 Å². The fourth-order valence-corrected chi connectivity index (χ4v) is 3.76. The average Bonchev–Trinajstić information content (AvgIpc) is 2.53. The van der Waals surface area contributed by atoms with Crippen molar-refractivity contribution in [3.8, 4) is 6.07 Å². The first-order chi connectivity index (χ1) is 9.79. The van der Waals surface area contributed by atoms with E-state index in [0.717, 1.165) is 19.4 Å². The SMILES string of the molecule is N#Cc1cccc(C(=O)N2CCC[C@H]3CCCC[C@H]32)c1. The van der Waals surface area contributed by atoms with E-state index in [-0.39, 0.29) is 5.91 Å². The van der Waals surface area contributed by atoms with Crippen LogP contribution < -0.4 is 0 Å². The zero-order valence-electron chi connectivity index (χ0n) is 11.7. The first-order valence-electron chi connectivity index (χ1n) is 7.61. The van der Waals surface area contributed by atoms with E-state index in [0.29, 0.717) is 23.1 Å². The lowest BCUT2D eigenvalue weighted by Gasteiger charge is -2.44. The number of rotatable bonds is 1. The number of hydrogen-bond acceptors (Lipinski definition) is 2. The lowest BCUT2D eigenvalue weighted by molar-refractivity contribution is 0.0390. The summed E-state index contributed by atoms with van der Waals surface area (Å²) in [5, 5.41) is 8.97. The maximum Gasteiger partial charge on any atom is 0.254 e. The van der Waals surface area contributed by atoms with E-state index < -0.39 is 0 Å². The Bertz CT molecular complexity index is 544. The molecule has 1 saturated carbocycles. The smallest absolute Gasteiger partial charge is 0.254 e. The van der Waals surface area contributed by atoms with Crippen LogP contribution in [0.2, 0.25) is 0 Å². The monoisotopic (exact) mass is 268 g/mol. The van der Waals surface area contributed by atoms with E-state index in [2.05, 4.69) is 11.0 Å². The first-order valence-corrected chi connectivity index (χ1v) is 7.61. The van der Waals surface area contributed by atoms with Gasteiger partial charge in [-0.2, -0.15) is 5.26 Å². The number of likely N-dealkylation sites (tertiary alicyclic amines) is 1. The molecule has 104 valence electrons. The van der Waals surface area contributed by atoms with Crippen molar-refractivity contribution < 1.29 is 4.79 Å². The zero-order chi connectivity index (χ0) is 13.9. The number of carbonyl (C=O) groups excluding carboxylic acids is 1. The van der Waals surface area contributed by atoms with Crippen molar-refractivity contribution in [3.05, 3.63) is 35.4 Å². The summed E-state index contributed by atoms with van der Waals surface area (Å²) >= 11 is 0. The summed E-state index contributed by atoms with van der Waals surface area (Å²) in [5.74, 6) is 0.805. The second-order valence-corrected chi connectivity index (χ2v) is 5.95. The molecule has 0 unspecified atom stereocenters. The van der Waals surface area contributed by atoms with Gasteiger partial charge in [0, 0.05) is 18.2 Å². The fraction of sp³-hybridized carbons (Fsp3) is 0.529. The van der Waals surface area contributed by atoms with Crippen molar-refractivity contribution in [3.63, 3.8) is 0 Å². The van der Waals surface area contributed by atoms with Crippen LogP contribution in [0.15, 0.2) is 24.3 Å². The summed E-state index contributed by atoms with van der Waals surface area (Å²) in [6.45, 7) is 0.872. The number of fused-ring (bicyclic) bond motifs is 1. The minimum absolute atomic E-state index is 0.110. The number of nitrogens with zero attached hydrogens (tertiary/aromatic N) is 2. The summed E-state index contributed by atoms with van der Waals surface area (Å²) in [6, 6.07) is 9.63. The van der Waals surface area contributed by atoms with Crippen LogP contribution in [0.25, 0.3) is 0 Å². The van der Waals surface area contributed by atoms with Crippen LogP contribution in [0.5, 0.6) is 0 Å². The largest absolute Gasteiger partial charge is 0.335 e. The lowest BCUT2D eigenvalue weighted by Crippen LogP contribution is -2.49. The van der Waals surface area contributed by atoms with Crippen molar-refractivity contribution in [2.45, 2.75) is 44.6 Å². The Labute approximate surface area is 120 Å². The topological polar surface area (TPSA) is 44.1 Å². The van der Waals surface area contributed by atoms with Gasteiger partial charge in [0.25, 0.3) is 5.91 Å². The molecule has 3 nitrogen and oxygen atoms in total. The summed E-state index contributed by atoms with van der Waals surface area (Å²) in [7, 11) is 0. The van der Waals surface area contributed by atoms with E-state index in [4.69, 9.17) is 5.26 Å². The minimum atomic E-state index is 0.110. The predicted molar refractivity (Wildman–Crippen MR) is 77.2 cm³/mol. The number of nitriles is 1. The highest BCUT2D eigenvalue weighted by atomic mass is 16.2. The van der Waals surface area contributed by atoms with Gasteiger partial charge in [0.15, 0.2) is 0 Å². The van der Waals surface area contributed by atoms with Crippen molar-refractivity contribution in [2.24, 2.45) is 5.92 Å². The van der Waals surface area contributed by atoms with Crippen molar-refractivity contribution >= 4 is 5.91 Å². The number of piperidine rings is 1. The van der Waals surface area contributed by atoms with Crippen molar-refractivity contribution in [1.82, 2.24) is 4.90 Å². The number of amides is 1. The van der Waals surface area contributed by atoms with Crippen molar-refractivity contribution in [1.29, 1.82) is 5.26 Å². The average molecular weight is 268 g/mol. The molecule has 1 aliphatic carbocycles. The first kappa shape index (κ1) is 13.2. The van der Waals surface area contributed by atoms with Crippen LogP contribution in [-0.2, 0) is 0 Å². The van der Waals surface area contributed by atoms with Crippen LogP contribution in [0, 0.1) is 17.2 Å². The van der Waals surface area contributed by atoms with E-state index >= 15 is 0 Å². The second kappa shape index (κ2) is 5.66. The van der Waals surface area contributed by atoms with E-state index in [1.807, 2.05) is 6.07 Å². The van der Waals surface area contributed by atoms with Gasteiger partial charge in [-0.05, 0) is 49.8 Å². The Morgan fingerprint density at radius 1 is 1.20 bits per heavy atom. The van der Waals surface area contributed by atoms with Crippen molar-refractivity contribution in [2.75, 3.05) is 6.54 Å². The molecule has 0 bridgehead atoms. The van der Waals surface area contributed by atoms with E-state index in [1.54, 1.807) is 18.2 Å². The highest BCUT2D eigenvalue weighted by molar-refractivity contribution is 5.94. The molecule has 2 atom stereocenters. The van der Waals surface area contributed by atoms with Gasteiger partial charge in [-0.1, -0.05) is 18.9 Å². The van der Waals surface area contributed by atoms with Crippen LogP contribution in [-0.4, -0.2) is 23.4 Å². The molecular formula is C17H20N2O. The molecule has 20 heavy (non-hydrogen) atoms. The molecule has 3 heteroatoms. The summed E-state index contributed by atoms with van der Waals surface area (Å²) in [5.41, 5.74) is 1.23. The Morgan fingerprint density at radius 2 is 2.00 bits per heavy atom. The number of carbonyl (C=O) groups is 1. The van der Waals surface area contributed by atoms with Crippen LogP contribution in [0.3, 0.4) is 0 Å². The highest BCUT2D eigenvalue weighted by Gasteiger charge is 2.35. The maximum absolute atomic E-state index is 12.7. The molecule has 1 aliphatic heterocycles. The fourth-order valence-electron chi connectivity index (χ4n) is 3.76. The third-order valence-corrected chi connectivity index (χ3v) is 4.74. The molecule has 0 N–H and O–H groups in total. The zero-order valence-corrected chi connectivity index (χ0v) is 11.7. The van der Waals surface area contributed by atoms with Gasteiger partial charge in [0.05, 0.1) is 11.6 Å². The summed E-state index contributed by atoms with van der Waals surface area (Å²) in [6.07, 6.45) is 7.36. The molecule has 2 fully saturated rings. The molecule has 1 heterocycles. The molecular weight excluding hydrogens is 248 g/mol. The van der Waals surface area contributed by atoms with Gasteiger partial charge < -0.3 is 4.90 Å². The Morgan fingerprint density at radius 3 is 2.85 bits per heavy atom. The molecule has 0 radical (unpaired) electrons. The quantitative estimate of drug-likeness (QED) is 0.784. The molecule has 1 amide bonds. The second-order valence-electron chi connectivity index (χ2n) is 5.95. The molecule has 0 aromatic heterocycles. The van der Waals surface area contributed by atoms with Gasteiger partial charge in [-0.15, -0.1) is 0 Å². The molecule has 0 spiro atoms. The molecule has 1 saturated heterocycles. The third kappa shape index (κ3) is 2.43. The molecule has 1 aromatic carbocycles. The van der Waals surface area contributed by atoms with E-state index in [9.17, 15) is 4.79 Å². The van der Waals surface area contributed by atoms with E-state index in [1.165, 1.54) is 25.7 Å². The standard InChI is InChI=1S/C17H20N2O/c18-12-13-5-3-7-15(11-13)17(20)19-10-4-8-14-6-1-2-9-16(14)19/h3,5,7,11,14,16H,1-2,4,6,8-10H2/t14-,16-/m1/s1. The van der Waals surface area contributed by atoms with Gasteiger partial charge in [-0.25, -0.2) is 0 Å².